The summed E-state index contributed by atoms with van der Waals surface area (Å²) in [5.41, 5.74) is 7.69. The zero-order chi connectivity index (χ0) is 12.5. The van der Waals surface area contributed by atoms with Crippen LogP contribution in [0.5, 0.6) is 0 Å². The number of fused-ring (bicyclic) bond motifs is 1. The third-order valence-corrected chi connectivity index (χ3v) is 3.72. The molecule has 3 aromatic heterocycles. The summed E-state index contributed by atoms with van der Waals surface area (Å²) in [7, 11) is 1.85. The number of rotatable bonds is 3. The number of imidazole rings is 1. The first-order chi connectivity index (χ1) is 8.79. The molecule has 0 radical (unpaired) electrons. The van der Waals surface area contributed by atoms with Crippen LogP contribution in [0.1, 0.15) is 5.69 Å². The first kappa shape index (κ1) is 11.2. The van der Waals surface area contributed by atoms with Crippen LogP contribution in [-0.4, -0.2) is 24.1 Å². The zero-order valence-electron chi connectivity index (χ0n) is 9.82. The van der Waals surface area contributed by atoms with Gasteiger partial charge in [0.1, 0.15) is 17.0 Å². The molecule has 0 spiro atoms. The predicted molar refractivity (Wildman–Crippen MR) is 68.2 cm³/mol. The average Bonchev–Trinajstić information content (AvgIpc) is 2.93. The summed E-state index contributed by atoms with van der Waals surface area (Å²) in [6, 6.07) is 5.88. The molecule has 0 bridgehead atoms. The summed E-state index contributed by atoms with van der Waals surface area (Å²) in [6.45, 7) is 0.436. The minimum Gasteiger partial charge on any atom is -0.325 e. The number of aryl methyl sites for hydroxylation is 1. The van der Waals surface area contributed by atoms with E-state index in [1.807, 2.05) is 35.8 Å². The SMILES string of the molecule is Cn1ncnc1Sc1nc2ccccn2c1CN. The van der Waals surface area contributed by atoms with Gasteiger partial charge in [0.25, 0.3) is 0 Å². The van der Waals surface area contributed by atoms with Crippen molar-refractivity contribution >= 4 is 17.4 Å². The van der Waals surface area contributed by atoms with Gasteiger partial charge in [0, 0.05) is 19.8 Å². The second kappa shape index (κ2) is 4.43. The topological polar surface area (TPSA) is 74.0 Å². The highest BCUT2D eigenvalue weighted by atomic mass is 32.2. The van der Waals surface area contributed by atoms with Gasteiger partial charge >= 0.3 is 0 Å². The monoisotopic (exact) mass is 260 g/mol. The third kappa shape index (κ3) is 1.77. The molecule has 0 aliphatic rings. The fraction of sp³-hybridized carbons (Fsp3) is 0.182. The Morgan fingerprint density at radius 3 is 3.00 bits per heavy atom. The summed E-state index contributed by atoms with van der Waals surface area (Å²) < 4.78 is 3.72. The number of nitrogens with two attached hydrogens (primary N) is 1. The lowest BCUT2D eigenvalue weighted by Gasteiger charge is -2.00. The van der Waals surface area contributed by atoms with E-state index >= 15 is 0 Å². The number of aromatic nitrogens is 5. The van der Waals surface area contributed by atoms with E-state index in [2.05, 4.69) is 15.1 Å². The molecule has 2 N–H and O–H groups in total. The number of hydrogen-bond acceptors (Lipinski definition) is 5. The summed E-state index contributed by atoms with van der Waals surface area (Å²) in [6.07, 6.45) is 3.49. The van der Waals surface area contributed by atoms with Crippen molar-refractivity contribution in [2.45, 2.75) is 16.7 Å². The Balaban J connectivity index is 2.09. The average molecular weight is 260 g/mol. The largest absolute Gasteiger partial charge is 0.325 e. The molecule has 0 amide bonds. The quantitative estimate of drug-likeness (QED) is 0.762. The van der Waals surface area contributed by atoms with E-state index in [0.29, 0.717) is 6.54 Å². The Morgan fingerprint density at radius 1 is 1.39 bits per heavy atom. The number of hydrogen-bond donors (Lipinski definition) is 1. The lowest BCUT2D eigenvalue weighted by Crippen LogP contribution is -2.02. The Bertz CT molecular complexity index is 686. The van der Waals surface area contributed by atoms with Crippen LogP contribution in [0.4, 0.5) is 0 Å². The molecule has 3 aromatic rings. The molecule has 0 saturated heterocycles. The van der Waals surface area contributed by atoms with E-state index in [-0.39, 0.29) is 0 Å². The van der Waals surface area contributed by atoms with Gasteiger partial charge in [0.05, 0.1) is 5.69 Å². The molecule has 6 nitrogen and oxygen atoms in total. The molecule has 0 saturated carbocycles. The van der Waals surface area contributed by atoms with Gasteiger partial charge in [-0.25, -0.2) is 14.6 Å². The van der Waals surface area contributed by atoms with E-state index in [9.17, 15) is 0 Å². The van der Waals surface area contributed by atoms with Gasteiger partial charge in [0.15, 0.2) is 5.16 Å². The molecule has 7 heteroatoms. The molecule has 3 rings (SSSR count). The molecule has 18 heavy (non-hydrogen) atoms. The summed E-state index contributed by atoms with van der Waals surface area (Å²) in [5.74, 6) is 0. The summed E-state index contributed by atoms with van der Waals surface area (Å²) in [4.78, 5) is 8.75. The van der Waals surface area contributed by atoms with E-state index in [4.69, 9.17) is 5.73 Å². The summed E-state index contributed by atoms with van der Waals surface area (Å²) in [5, 5.41) is 5.72. The minimum atomic E-state index is 0.436. The van der Waals surface area contributed by atoms with Crippen LogP contribution >= 0.6 is 11.8 Å². The second-order valence-corrected chi connectivity index (χ2v) is 4.72. The van der Waals surface area contributed by atoms with Crippen molar-refractivity contribution in [2.75, 3.05) is 0 Å². The van der Waals surface area contributed by atoms with Gasteiger partial charge in [-0.05, 0) is 23.9 Å². The fourth-order valence-corrected chi connectivity index (χ4v) is 2.65. The lowest BCUT2D eigenvalue weighted by molar-refractivity contribution is 0.684. The Kier molecular flexibility index (Phi) is 2.77. The molecule has 0 fully saturated rings. The van der Waals surface area contributed by atoms with Crippen molar-refractivity contribution in [1.82, 2.24) is 24.1 Å². The first-order valence-corrected chi connectivity index (χ1v) is 6.29. The van der Waals surface area contributed by atoms with E-state index < -0.39 is 0 Å². The van der Waals surface area contributed by atoms with E-state index in [1.54, 1.807) is 4.68 Å². The van der Waals surface area contributed by atoms with Crippen LogP contribution in [0, 0.1) is 0 Å². The third-order valence-electron chi connectivity index (χ3n) is 2.64. The molecule has 0 aromatic carbocycles. The van der Waals surface area contributed by atoms with Crippen molar-refractivity contribution in [2.24, 2.45) is 12.8 Å². The summed E-state index contributed by atoms with van der Waals surface area (Å²) >= 11 is 1.48. The first-order valence-electron chi connectivity index (χ1n) is 5.47. The van der Waals surface area contributed by atoms with Crippen LogP contribution in [0.15, 0.2) is 40.9 Å². The van der Waals surface area contributed by atoms with Crippen LogP contribution in [-0.2, 0) is 13.6 Å². The van der Waals surface area contributed by atoms with Gasteiger partial charge in [-0.2, -0.15) is 5.10 Å². The van der Waals surface area contributed by atoms with Crippen molar-refractivity contribution in [3.63, 3.8) is 0 Å². The fourth-order valence-electron chi connectivity index (χ4n) is 1.76. The van der Waals surface area contributed by atoms with Gasteiger partial charge in [-0.1, -0.05) is 6.07 Å². The number of nitrogens with zero attached hydrogens (tertiary/aromatic N) is 5. The van der Waals surface area contributed by atoms with E-state index in [1.165, 1.54) is 18.1 Å². The van der Waals surface area contributed by atoms with Crippen molar-refractivity contribution in [1.29, 1.82) is 0 Å². The van der Waals surface area contributed by atoms with Gasteiger partial charge in [-0.15, -0.1) is 0 Å². The second-order valence-electron chi connectivity index (χ2n) is 3.76. The Hall–Kier alpha value is -1.86. The van der Waals surface area contributed by atoms with E-state index in [0.717, 1.165) is 21.5 Å². The maximum Gasteiger partial charge on any atom is 0.192 e. The van der Waals surface area contributed by atoms with Gasteiger partial charge in [0.2, 0.25) is 0 Å². The molecule has 0 unspecified atom stereocenters. The highest BCUT2D eigenvalue weighted by molar-refractivity contribution is 7.99. The van der Waals surface area contributed by atoms with Gasteiger partial charge in [-0.3, -0.25) is 0 Å². The highest BCUT2D eigenvalue weighted by Crippen LogP contribution is 2.28. The van der Waals surface area contributed by atoms with Gasteiger partial charge < -0.3 is 10.1 Å². The Morgan fingerprint density at radius 2 is 2.28 bits per heavy atom. The Labute approximate surface area is 108 Å². The van der Waals surface area contributed by atoms with Crippen molar-refractivity contribution in [3.8, 4) is 0 Å². The van der Waals surface area contributed by atoms with Crippen LogP contribution in [0.2, 0.25) is 0 Å². The van der Waals surface area contributed by atoms with Crippen molar-refractivity contribution < 1.29 is 0 Å². The molecule has 0 aliphatic heterocycles. The smallest absolute Gasteiger partial charge is 0.192 e. The highest BCUT2D eigenvalue weighted by Gasteiger charge is 2.14. The number of pyridine rings is 1. The molecule has 92 valence electrons. The maximum atomic E-state index is 5.81. The standard InChI is InChI=1S/C11H12N6S/c1-16-11(13-7-14-16)18-10-8(6-12)17-5-3-2-4-9(17)15-10/h2-5,7H,6,12H2,1H3. The molecule has 3 heterocycles. The molecular weight excluding hydrogens is 248 g/mol. The molecule has 0 atom stereocenters. The van der Waals surface area contributed by atoms with Crippen LogP contribution in [0.25, 0.3) is 5.65 Å². The van der Waals surface area contributed by atoms with Crippen molar-refractivity contribution in [3.05, 3.63) is 36.4 Å². The normalized spacial score (nSPS) is 11.2. The molecular formula is C11H12N6S. The maximum absolute atomic E-state index is 5.81. The van der Waals surface area contributed by atoms with Crippen LogP contribution in [0.3, 0.4) is 0 Å². The zero-order valence-corrected chi connectivity index (χ0v) is 10.6. The predicted octanol–water partition coefficient (Wildman–Crippen LogP) is 1.07. The molecule has 0 aliphatic carbocycles. The lowest BCUT2D eigenvalue weighted by atomic mass is 10.4. The van der Waals surface area contributed by atoms with Crippen LogP contribution < -0.4 is 5.73 Å². The minimum absolute atomic E-state index is 0.436.